The maximum Gasteiger partial charge on any atom is 0.211 e. The first-order valence-corrected chi connectivity index (χ1v) is 9.31. The number of benzene rings is 1. The summed E-state index contributed by atoms with van der Waals surface area (Å²) in [5.74, 6) is 0.847. The molecule has 1 aromatic heterocycles. The second-order valence-corrected chi connectivity index (χ2v) is 7.62. The van der Waals surface area contributed by atoms with Crippen molar-refractivity contribution in [3.05, 3.63) is 36.9 Å². The Hall–Kier alpha value is -1.31. The number of imidazole rings is 1. The van der Waals surface area contributed by atoms with Gasteiger partial charge in [-0.3, -0.25) is 0 Å². The third-order valence-electron chi connectivity index (χ3n) is 3.03. The normalized spacial score (nSPS) is 11.9. The maximum atomic E-state index is 11.4. The van der Waals surface area contributed by atoms with E-state index in [1.807, 2.05) is 30.3 Å². The molecule has 21 heavy (non-hydrogen) atoms. The summed E-state index contributed by atoms with van der Waals surface area (Å²) in [6.07, 6.45) is 2.43. The first-order chi connectivity index (χ1) is 10.1. The van der Waals surface area contributed by atoms with Gasteiger partial charge in [-0.25, -0.2) is 18.1 Å². The maximum absolute atomic E-state index is 11.4. The Morgan fingerprint density at radius 3 is 2.90 bits per heavy atom. The third-order valence-corrected chi connectivity index (χ3v) is 5.54. The third kappa shape index (κ3) is 4.09. The molecule has 0 saturated carbocycles. The van der Waals surface area contributed by atoms with Gasteiger partial charge < -0.3 is 4.57 Å². The van der Waals surface area contributed by atoms with Gasteiger partial charge >= 0.3 is 0 Å². The van der Waals surface area contributed by atoms with Gasteiger partial charge in [0.15, 0.2) is 5.16 Å². The number of fused-ring (bicyclic) bond motifs is 1. The summed E-state index contributed by atoms with van der Waals surface area (Å²) in [6.45, 7) is 4.47. The lowest BCUT2D eigenvalue weighted by Gasteiger charge is -2.06. The molecule has 7 heteroatoms. The van der Waals surface area contributed by atoms with Crippen molar-refractivity contribution >= 4 is 32.8 Å². The van der Waals surface area contributed by atoms with Crippen molar-refractivity contribution in [2.24, 2.45) is 0 Å². The summed E-state index contributed by atoms with van der Waals surface area (Å²) in [5.41, 5.74) is 2.02. The molecule has 2 aromatic rings. The number of thioether (sulfide) groups is 1. The highest BCUT2D eigenvalue weighted by Gasteiger charge is 2.11. The van der Waals surface area contributed by atoms with E-state index in [0.29, 0.717) is 18.7 Å². The Bertz CT molecular complexity index is 723. The molecule has 1 aromatic carbocycles. The van der Waals surface area contributed by atoms with E-state index in [0.717, 1.165) is 16.2 Å². The molecule has 114 valence electrons. The van der Waals surface area contributed by atoms with Crippen LogP contribution in [-0.2, 0) is 16.6 Å². The number of nitrogens with zero attached hydrogens (tertiary/aromatic N) is 2. The lowest BCUT2D eigenvalue weighted by atomic mass is 10.3. The van der Waals surface area contributed by atoms with Crippen LogP contribution in [0.25, 0.3) is 11.0 Å². The summed E-state index contributed by atoms with van der Waals surface area (Å²) in [6, 6.07) is 7.95. The summed E-state index contributed by atoms with van der Waals surface area (Å²) in [4.78, 5) is 4.60. The van der Waals surface area contributed by atoms with Gasteiger partial charge in [0.2, 0.25) is 10.0 Å². The number of allylic oxidation sites excluding steroid dienone is 1. The lowest BCUT2D eigenvalue weighted by molar-refractivity contribution is 0.587. The molecule has 1 heterocycles. The van der Waals surface area contributed by atoms with Crippen LogP contribution in [0.5, 0.6) is 0 Å². The van der Waals surface area contributed by atoms with Gasteiger partial charge in [-0.05, 0) is 25.6 Å². The van der Waals surface area contributed by atoms with Crippen molar-refractivity contribution in [1.82, 2.24) is 14.3 Å². The molecule has 1 N–H and O–H groups in total. The SMILES string of the molecule is C=CCn1c(SCCCS(=O)(=O)NC)nc2ccccc21. The average Bonchev–Trinajstić information content (AvgIpc) is 2.82. The number of aromatic nitrogens is 2. The largest absolute Gasteiger partial charge is 0.315 e. The molecule has 0 unspecified atom stereocenters. The Kier molecular flexibility index (Phi) is 5.44. The zero-order chi connectivity index (χ0) is 15.3. The van der Waals surface area contributed by atoms with Crippen molar-refractivity contribution < 1.29 is 8.42 Å². The predicted molar refractivity (Wildman–Crippen MR) is 88.1 cm³/mol. The first kappa shape index (κ1) is 16.1. The van der Waals surface area contributed by atoms with E-state index in [1.165, 1.54) is 7.05 Å². The molecule has 0 aliphatic carbocycles. The van der Waals surface area contributed by atoms with Crippen LogP contribution in [-0.4, -0.2) is 36.5 Å². The molecule has 0 spiro atoms. The van der Waals surface area contributed by atoms with Gasteiger partial charge in [-0.15, -0.1) is 6.58 Å². The van der Waals surface area contributed by atoms with Crippen LogP contribution in [0.4, 0.5) is 0 Å². The van der Waals surface area contributed by atoms with Crippen LogP contribution < -0.4 is 4.72 Å². The second kappa shape index (κ2) is 7.11. The second-order valence-electron chi connectivity index (χ2n) is 4.51. The highest BCUT2D eigenvalue weighted by atomic mass is 32.2. The topological polar surface area (TPSA) is 64.0 Å². The van der Waals surface area contributed by atoms with Gasteiger partial charge in [0.05, 0.1) is 16.8 Å². The number of hydrogen-bond donors (Lipinski definition) is 1. The molecule has 0 bridgehead atoms. The number of para-hydroxylation sites is 2. The van der Waals surface area contributed by atoms with Crippen molar-refractivity contribution in [3.63, 3.8) is 0 Å². The van der Waals surface area contributed by atoms with Crippen LogP contribution >= 0.6 is 11.8 Å². The molecule has 0 aliphatic rings. The summed E-state index contributed by atoms with van der Waals surface area (Å²) >= 11 is 1.58. The van der Waals surface area contributed by atoms with Crippen LogP contribution in [0.2, 0.25) is 0 Å². The van der Waals surface area contributed by atoms with Crippen molar-refractivity contribution in [3.8, 4) is 0 Å². The van der Waals surface area contributed by atoms with Crippen molar-refractivity contribution in [2.45, 2.75) is 18.1 Å². The van der Waals surface area contributed by atoms with Crippen LogP contribution in [0.3, 0.4) is 0 Å². The Morgan fingerprint density at radius 1 is 1.43 bits per heavy atom. The van der Waals surface area contributed by atoms with Gasteiger partial charge in [0.1, 0.15) is 0 Å². The zero-order valence-electron chi connectivity index (χ0n) is 11.9. The fraction of sp³-hybridized carbons (Fsp3) is 0.357. The molecule has 0 aliphatic heterocycles. The summed E-state index contributed by atoms with van der Waals surface area (Å²) in [7, 11) is -1.69. The number of rotatable bonds is 8. The van der Waals surface area contributed by atoms with Gasteiger partial charge in [0, 0.05) is 12.3 Å². The molecular formula is C14H19N3O2S2. The van der Waals surface area contributed by atoms with Gasteiger partial charge in [-0.1, -0.05) is 30.0 Å². The first-order valence-electron chi connectivity index (χ1n) is 6.67. The monoisotopic (exact) mass is 325 g/mol. The minimum absolute atomic E-state index is 0.137. The zero-order valence-corrected chi connectivity index (χ0v) is 13.6. The average molecular weight is 325 g/mol. The highest BCUT2D eigenvalue weighted by Crippen LogP contribution is 2.24. The standard InChI is InChI=1S/C14H19N3O2S2/c1-3-9-17-13-8-5-4-7-12(13)16-14(17)20-10-6-11-21(18,19)15-2/h3-5,7-8,15H,1,6,9-11H2,2H3. The quantitative estimate of drug-likeness (QED) is 0.459. The smallest absolute Gasteiger partial charge is 0.211 e. The molecule has 0 saturated heterocycles. The van der Waals surface area contributed by atoms with E-state index in [1.54, 1.807) is 11.8 Å². The minimum Gasteiger partial charge on any atom is -0.315 e. The molecule has 0 fully saturated rings. The minimum atomic E-state index is -3.13. The van der Waals surface area contributed by atoms with E-state index < -0.39 is 10.0 Å². The molecule has 0 radical (unpaired) electrons. The molecule has 5 nitrogen and oxygen atoms in total. The number of nitrogens with one attached hydrogen (secondary N) is 1. The summed E-state index contributed by atoms with van der Waals surface area (Å²) in [5, 5.41) is 0.901. The van der Waals surface area contributed by atoms with Gasteiger partial charge in [-0.2, -0.15) is 0 Å². The lowest BCUT2D eigenvalue weighted by Crippen LogP contribution is -2.22. The van der Waals surface area contributed by atoms with E-state index in [9.17, 15) is 8.42 Å². The van der Waals surface area contributed by atoms with Crippen LogP contribution in [0, 0.1) is 0 Å². The van der Waals surface area contributed by atoms with E-state index in [-0.39, 0.29) is 5.75 Å². The molecular weight excluding hydrogens is 306 g/mol. The predicted octanol–water partition coefficient (Wildman–Crippen LogP) is 2.25. The van der Waals surface area contributed by atoms with E-state index >= 15 is 0 Å². The summed E-state index contributed by atoms with van der Waals surface area (Å²) < 4.78 is 27.2. The number of hydrogen-bond acceptors (Lipinski definition) is 4. The molecule has 2 rings (SSSR count). The molecule has 0 amide bonds. The van der Waals surface area contributed by atoms with E-state index in [2.05, 4.69) is 20.9 Å². The van der Waals surface area contributed by atoms with Gasteiger partial charge in [0.25, 0.3) is 0 Å². The number of sulfonamides is 1. The van der Waals surface area contributed by atoms with Crippen LogP contribution in [0.1, 0.15) is 6.42 Å². The Morgan fingerprint density at radius 2 is 2.19 bits per heavy atom. The van der Waals surface area contributed by atoms with Crippen molar-refractivity contribution in [2.75, 3.05) is 18.6 Å². The fourth-order valence-electron chi connectivity index (χ4n) is 1.98. The highest BCUT2D eigenvalue weighted by molar-refractivity contribution is 7.99. The van der Waals surface area contributed by atoms with Crippen molar-refractivity contribution in [1.29, 1.82) is 0 Å². The van der Waals surface area contributed by atoms with Crippen LogP contribution in [0.15, 0.2) is 42.1 Å². The Balaban J connectivity index is 2.07. The molecule has 0 atom stereocenters. The fourth-order valence-corrected chi connectivity index (χ4v) is 3.86. The van der Waals surface area contributed by atoms with E-state index in [4.69, 9.17) is 0 Å². The Labute approximate surface area is 129 Å².